The van der Waals surface area contributed by atoms with Crippen molar-refractivity contribution in [2.24, 2.45) is 0 Å². The van der Waals surface area contributed by atoms with E-state index in [2.05, 4.69) is 33.0 Å². The first kappa shape index (κ1) is 12.7. The van der Waals surface area contributed by atoms with Crippen LogP contribution in [0.3, 0.4) is 0 Å². The van der Waals surface area contributed by atoms with Crippen molar-refractivity contribution in [1.82, 2.24) is 14.7 Å². The van der Waals surface area contributed by atoms with Crippen LogP contribution in [0.25, 0.3) is 0 Å². The Bertz CT molecular complexity index is 236. The van der Waals surface area contributed by atoms with E-state index in [0.717, 1.165) is 18.4 Å². The molecule has 86 valence electrons. The van der Waals surface area contributed by atoms with E-state index in [1.54, 1.807) is 0 Å². The first-order valence-corrected chi connectivity index (χ1v) is 6.67. The van der Waals surface area contributed by atoms with Crippen molar-refractivity contribution in [3.8, 4) is 0 Å². The number of rotatable bonds is 8. The minimum Gasteiger partial charge on any atom is -0.305 e. The highest BCUT2D eigenvalue weighted by Gasteiger charge is 1.98. The Morgan fingerprint density at radius 2 is 2.13 bits per heavy atom. The van der Waals surface area contributed by atoms with Crippen LogP contribution in [0.4, 0.5) is 0 Å². The number of halogens is 1. The average Bonchev–Trinajstić information content (AvgIpc) is 2.74. The van der Waals surface area contributed by atoms with Gasteiger partial charge >= 0.3 is 0 Å². The molecule has 0 atom stereocenters. The SMILES string of the molecule is CN(CCCCCBr)CCn1cccn1. The third kappa shape index (κ3) is 5.95. The van der Waals surface area contributed by atoms with Gasteiger partial charge in [0.2, 0.25) is 0 Å². The molecule has 0 aromatic carbocycles. The van der Waals surface area contributed by atoms with Gasteiger partial charge in [0.25, 0.3) is 0 Å². The average molecular weight is 274 g/mol. The molecule has 1 heterocycles. The molecule has 0 spiro atoms. The summed E-state index contributed by atoms with van der Waals surface area (Å²) in [4.78, 5) is 2.37. The van der Waals surface area contributed by atoms with Crippen LogP contribution in [0.5, 0.6) is 0 Å². The molecule has 1 aromatic rings. The predicted octanol–water partition coefficient (Wildman–Crippen LogP) is 2.38. The molecule has 0 radical (unpaired) electrons. The number of hydrogen-bond donors (Lipinski definition) is 0. The number of alkyl halides is 1. The van der Waals surface area contributed by atoms with Crippen LogP contribution in [0.15, 0.2) is 18.5 Å². The van der Waals surface area contributed by atoms with Gasteiger partial charge in [-0.1, -0.05) is 22.4 Å². The quantitative estimate of drug-likeness (QED) is 0.536. The molecule has 0 saturated carbocycles. The summed E-state index contributed by atoms with van der Waals surface area (Å²) in [6, 6.07) is 1.97. The monoisotopic (exact) mass is 273 g/mol. The van der Waals surface area contributed by atoms with Gasteiger partial charge in [-0.15, -0.1) is 0 Å². The van der Waals surface area contributed by atoms with Gasteiger partial charge in [-0.05, 0) is 32.5 Å². The van der Waals surface area contributed by atoms with Crippen LogP contribution in [0.1, 0.15) is 19.3 Å². The maximum Gasteiger partial charge on any atom is 0.0536 e. The van der Waals surface area contributed by atoms with Gasteiger partial charge in [0.05, 0.1) is 6.54 Å². The van der Waals surface area contributed by atoms with Gasteiger partial charge < -0.3 is 4.90 Å². The van der Waals surface area contributed by atoms with E-state index in [1.807, 2.05) is 23.1 Å². The normalized spacial score (nSPS) is 11.1. The first-order chi connectivity index (χ1) is 7.33. The lowest BCUT2D eigenvalue weighted by molar-refractivity contribution is 0.305. The van der Waals surface area contributed by atoms with Crippen LogP contribution in [0.2, 0.25) is 0 Å². The Hall–Kier alpha value is -0.350. The molecule has 15 heavy (non-hydrogen) atoms. The van der Waals surface area contributed by atoms with E-state index in [4.69, 9.17) is 0 Å². The molecule has 3 nitrogen and oxygen atoms in total. The summed E-state index contributed by atoms with van der Waals surface area (Å²) in [6.07, 6.45) is 7.74. The molecule has 0 unspecified atom stereocenters. The van der Waals surface area contributed by atoms with Gasteiger partial charge in [0.15, 0.2) is 0 Å². The maximum atomic E-state index is 4.18. The van der Waals surface area contributed by atoms with Crippen LogP contribution in [-0.4, -0.2) is 40.1 Å². The van der Waals surface area contributed by atoms with E-state index in [-0.39, 0.29) is 0 Å². The van der Waals surface area contributed by atoms with E-state index in [9.17, 15) is 0 Å². The largest absolute Gasteiger partial charge is 0.305 e. The molecular weight excluding hydrogens is 254 g/mol. The maximum absolute atomic E-state index is 4.18. The van der Waals surface area contributed by atoms with E-state index in [0.29, 0.717) is 0 Å². The standard InChI is InChI=1S/C11H20BrN3/c1-14(8-4-2-3-6-12)10-11-15-9-5-7-13-15/h5,7,9H,2-4,6,8,10-11H2,1H3. The smallest absolute Gasteiger partial charge is 0.0536 e. The topological polar surface area (TPSA) is 21.1 Å². The summed E-state index contributed by atoms with van der Waals surface area (Å²) < 4.78 is 1.98. The van der Waals surface area contributed by atoms with Crippen molar-refractivity contribution in [3.05, 3.63) is 18.5 Å². The van der Waals surface area contributed by atoms with E-state index in [1.165, 1.54) is 25.8 Å². The van der Waals surface area contributed by atoms with Crippen molar-refractivity contribution in [2.45, 2.75) is 25.8 Å². The fraction of sp³-hybridized carbons (Fsp3) is 0.727. The fourth-order valence-corrected chi connectivity index (χ4v) is 1.87. The molecule has 4 heteroatoms. The molecule has 0 bridgehead atoms. The number of nitrogens with zero attached hydrogens (tertiary/aromatic N) is 3. The third-order valence-electron chi connectivity index (χ3n) is 2.44. The summed E-state index contributed by atoms with van der Waals surface area (Å²) in [6.45, 7) is 3.26. The zero-order valence-electron chi connectivity index (χ0n) is 9.40. The first-order valence-electron chi connectivity index (χ1n) is 5.55. The van der Waals surface area contributed by atoms with Crippen molar-refractivity contribution in [2.75, 3.05) is 25.5 Å². The molecule has 0 aliphatic rings. The molecule has 0 aliphatic carbocycles. The molecule has 0 fully saturated rings. The Morgan fingerprint density at radius 1 is 1.27 bits per heavy atom. The lowest BCUT2D eigenvalue weighted by atomic mass is 10.2. The van der Waals surface area contributed by atoms with Crippen LogP contribution >= 0.6 is 15.9 Å². The van der Waals surface area contributed by atoms with Gasteiger partial charge in [-0.25, -0.2) is 0 Å². The highest BCUT2D eigenvalue weighted by Crippen LogP contribution is 2.00. The van der Waals surface area contributed by atoms with Gasteiger partial charge in [0, 0.05) is 24.3 Å². The van der Waals surface area contributed by atoms with Crippen molar-refractivity contribution in [1.29, 1.82) is 0 Å². The van der Waals surface area contributed by atoms with Gasteiger partial charge in [-0.3, -0.25) is 4.68 Å². The second kappa shape index (κ2) is 7.88. The van der Waals surface area contributed by atoms with Crippen LogP contribution in [0, 0.1) is 0 Å². The highest BCUT2D eigenvalue weighted by molar-refractivity contribution is 9.09. The fourth-order valence-electron chi connectivity index (χ4n) is 1.47. The Kier molecular flexibility index (Phi) is 6.68. The molecule has 0 N–H and O–H groups in total. The number of unbranched alkanes of at least 4 members (excludes halogenated alkanes) is 2. The molecule has 0 saturated heterocycles. The van der Waals surface area contributed by atoms with Crippen molar-refractivity contribution >= 4 is 15.9 Å². The Balaban J connectivity index is 2.01. The molecular formula is C11H20BrN3. The van der Waals surface area contributed by atoms with Crippen molar-refractivity contribution < 1.29 is 0 Å². The van der Waals surface area contributed by atoms with Crippen LogP contribution < -0.4 is 0 Å². The lowest BCUT2D eigenvalue weighted by Crippen LogP contribution is -2.24. The minimum absolute atomic E-state index is 0.988. The summed E-state index contributed by atoms with van der Waals surface area (Å²) in [7, 11) is 2.18. The second-order valence-electron chi connectivity index (χ2n) is 3.82. The highest BCUT2D eigenvalue weighted by atomic mass is 79.9. The summed E-state index contributed by atoms with van der Waals surface area (Å²) in [5.41, 5.74) is 0. The zero-order valence-corrected chi connectivity index (χ0v) is 11.0. The predicted molar refractivity (Wildman–Crippen MR) is 67.4 cm³/mol. The Labute approximate surface area is 101 Å². The zero-order chi connectivity index (χ0) is 10.9. The van der Waals surface area contributed by atoms with E-state index >= 15 is 0 Å². The summed E-state index contributed by atoms with van der Waals surface area (Å²) in [5, 5.41) is 5.31. The lowest BCUT2D eigenvalue weighted by Gasteiger charge is -2.16. The molecule has 0 aliphatic heterocycles. The second-order valence-corrected chi connectivity index (χ2v) is 4.62. The van der Waals surface area contributed by atoms with Gasteiger partial charge in [-0.2, -0.15) is 5.10 Å². The number of hydrogen-bond acceptors (Lipinski definition) is 2. The summed E-state index contributed by atoms with van der Waals surface area (Å²) in [5.74, 6) is 0. The number of aromatic nitrogens is 2. The summed E-state index contributed by atoms with van der Waals surface area (Å²) >= 11 is 3.45. The molecule has 0 amide bonds. The molecule has 1 rings (SSSR count). The third-order valence-corrected chi connectivity index (χ3v) is 3.00. The van der Waals surface area contributed by atoms with Gasteiger partial charge in [0.1, 0.15) is 0 Å². The Morgan fingerprint density at radius 3 is 2.80 bits per heavy atom. The van der Waals surface area contributed by atoms with Crippen molar-refractivity contribution in [3.63, 3.8) is 0 Å². The van der Waals surface area contributed by atoms with Crippen LogP contribution in [-0.2, 0) is 6.54 Å². The number of likely N-dealkylation sites (N-methyl/N-ethyl adjacent to an activating group) is 1. The molecule has 1 aromatic heterocycles. The van der Waals surface area contributed by atoms with E-state index < -0.39 is 0 Å². The minimum atomic E-state index is 0.988.